The van der Waals surface area contributed by atoms with E-state index in [-0.39, 0.29) is 0 Å². The average molecular weight is 278 g/mol. The van der Waals surface area contributed by atoms with E-state index in [1.54, 1.807) is 19.1 Å². The fraction of sp³-hybridized carbons (Fsp3) is 0.133. The minimum atomic E-state index is -0.681. The Labute approximate surface area is 114 Å². The highest BCUT2D eigenvalue weighted by Gasteiger charge is 2.10. The zero-order valence-corrected chi connectivity index (χ0v) is 10.9. The standard InChI is InChI=1S/C15H12F2O3/c1-9(5-15(18)19-2)13-3-4-14(20-13)10-6-11(16)8-12(17)7-10/h3-8H,1-2H3/b9-5+. The smallest absolute Gasteiger partial charge is 0.330 e. The number of carbonyl (C=O) groups is 1. The number of rotatable bonds is 3. The summed E-state index contributed by atoms with van der Waals surface area (Å²) in [4.78, 5) is 11.1. The van der Waals surface area contributed by atoms with Crippen molar-refractivity contribution < 1.29 is 22.7 Å². The first-order valence-electron chi connectivity index (χ1n) is 5.82. The summed E-state index contributed by atoms with van der Waals surface area (Å²) in [5.41, 5.74) is 0.847. The molecule has 20 heavy (non-hydrogen) atoms. The van der Waals surface area contributed by atoms with Gasteiger partial charge in [0.25, 0.3) is 0 Å². The van der Waals surface area contributed by atoms with E-state index < -0.39 is 17.6 Å². The molecule has 3 nitrogen and oxygen atoms in total. The predicted molar refractivity (Wildman–Crippen MR) is 69.7 cm³/mol. The molecular formula is C15H12F2O3. The molecule has 0 aliphatic heterocycles. The topological polar surface area (TPSA) is 39.4 Å². The second-order valence-electron chi connectivity index (χ2n) is 4.17. The number of ether oxygens (including phenoxy) is 1. The first-order chi connectivity index (χ1) is 9.49. The molecule has 1 aromatic carbocycles. The monoisotopic (exact) mass is 278 g/mol. The third kappa shape index (κ3) is 3.12. The molecule has 0 aliphatic carbocycles. The Morgan fingerprint density at radius 1 is 1.20 bits per heavy atom. The molecule has 0 N–H and O–H groups in total. The predicted octanol–water partition coefficient (Wildman–Crippen LogP) is 3.80. The van der Waals surface area contributed by atoms with Gasteiger partial charge in [-0.2, -0.15) is 0 Å². The molecule has 0 radical (unpaired) electrons. The van der Waals surface area contributed by atoms with Crippen LogP contribution in [0.5, 0.6) is 0 Å². The van der Waals surface area contributed by atoms with Crippen molar-refractivity contribution >= 4 is 11.5 Å². The van der Waals surface area contributed by atoms with Crippen LogP contribution in [0.25, 0.3) is 16.9 Å². The van der Waals surface area contributed by atoms with Gasteiger partial charge in [0.15, 0.2) is 0 Å². The summed E-state index contributed by atoms with van der Waals surface area (Å²) in [5.74, 6) is -1.12. The van der Waals surface area contributed by atoms with Gasteiger partial charge in [-0.15, -0.1) is 0 Å². The summed E-state index contributed by atoms with van der Waals surface area (Å²) >= 11 is 0. The maximum atomic E-state index is 13.1. The first kappa shape index (κ1) is 14.0. The molecular weight excluding hydrogens is 266 g/mol. The molecule has 104 valence electrons. The fourth-order valence-electron chi connectivity index (χ4n) is 1.71. The van der Waals surface area contributed by atoms with Gasteiger partial charge in [0.1, 0.15) is 23.2 Å². The Hall–Kier alpha value is -2.43. The Morgan fingerprint density at radius 3 is 2.45 bits per heavy atom. The lowest BCUT2D eigenvalue weighted by molar-refractivity contribution is -0.134. The lowest BCUT2D eigenvalue weighted by Crippen LogP contribution is -1.95. The maximum absolute atomic E-state index is 13.1. The number of hydrogen-bond acceptors (Lipinski definition) is 3. The Balaban J connectivity index is 2.33. The summed E-state index contributed by atoms with van der Waals surface area (Å²) in [5, 5.41) is 0. The van der Waals surface area contributed by atoms with Crippen molar-refractivity contribution in [3.63, 3.8) is 0 Å². The quantitative estimate of drug-likeness (QED) is 0.633. The van der Waals surface area contributed by atoms with Crippen molar-refractivity contribution in [2.45, 2.75) is 6.92 Å². The van der Waals surface area contributed by atoms with E-state index in [0.717, 1.165) is 6.07 Å². The Kier molecular flexibility index (Phi) is 3.98. The van der Waals surface area contributed by atoms with E-state index in [1.165, 1.54) is 25.3 Å². The number of allylic oxidation sites excluding steroid dienone is 1. The van der Waals surface area contributed by atoms with E-state index >= 15 is 0 Å². The van der Waals surface area contributed by atoms with E-state index in [9.17, 15) is 13.6 Å². The first-order valence-corrected chi connectivity index (χ1v) is 5.82. The minimum Gasteiger partial charge on any atom is -0.466 e. The zero-order valence-electron chi connectivity index (χ0n) is 10.9. The van der Waals surface area contributed by atoms with Crippen LogP contribution in [0.4, 0.5) is 8.78 Å². The summed E-state index contributed by atoms with van der Waals surface area (Å²) in [7, 11) is 1.27. The molecule has 0 spiro atoms. The highest BCUT2D eigenvalue weighted by molar-refractivity contribution is 5.90. The third-order valence-electron chi connectivity index (χ3n) is 2.68. The van der Waals surface area contributed by atoms with E-state index in [4.69, 9.17) is 4.42 Å². The van der Waals surface area contributed by atoms with Gasteiger partial charge in [-0.05, 0) is 36.8 Å². The Morgan fingerprint density at radius 2 is 1.85 bits per heavy atom. The van der Waals surface area contributed by atoms with Crippen LogP contribution in [-0.4, -0.2) is 13.1 Å². The number of furan rings is 1. The molecule has 0 saturated carbocycles. The van der Waals surface area contributed by atoms with Crippen molar-refractivity contribution in [2.75, 3.05) is 7.11 Å². The second kappa shape index (κ2) is 5.69. The van der Waals surface area contributed by atoms with E-state index in [1.807, 2.05) is 0 Å². The van der Waals surface area contributed by atoms with Gasteiger partial charge in [0.05, 0.1) is 7.11 Å². The Bertz CT molecular complexity index is 651. The normalized spacial score (nSPS) is 11.5. The highest BCUT2D eigenvalue weighted by Crippen LogP contribution is 2.27. The van der Waals surface area contributed by atoms with E-state index in [2.05, 4.69) is 4.74 Å². The number of halogens is 2. The summed E-state index contributed by atoms with van der Waals surface area (Å²) in [6, 6.07) is 6.33. The van der Waals surface area contributed by atoms with Gasteiger partial charge in [-0.25, -0.2) is 13.6 Å². The molecule has 0 atom stereocenters. The van der Waals surface area contributed by atoms with Gasteiger partial charge in [0, 0.05) is 17.7 Å². The van der Waals surface area contributed by atoms with Crippen LogP contribution in [0, 0.1) is 11.6 Å². The lowest BCUT2D eigenvalue weighted by atomic mass is 10.1. The number of carbonyl (C=O) groups excluding carboxylic acids is 1. The number of hydrogen-bond donors (Lipinski definition) is 0. The second-order valence-corrected chi connectivity index (χ2v) is 4.17. The SMILES string of the molecule is COC(=O)/C=C(\C)c1ccc(-c2cc(F)cc(F)c2)o1. The van der Waals surface area contributed by atoms with Gasteiger partial charge in [-0.1, -0.05) is 0 Å². The van der Waals surface area contributed by atoms with Gasteiger partial charge >= 0.3 is 5.97 Å². The highest BCUT2D eigenvalue weighted by atomic mass is 19.1. The van der Waals surface area contributed by atoms with Crippen LogP contribution in [-0.2, 0) is 9.53 Å². The molecule has 0 saturated heterocycles. The van der Waals surface area contributed by atoms with Crippen LogP contribution >= 0.6 is 0 Å². The summed E-state index contributed by atoms with van der Waals surface area (Å²) in [6.07, 6.45) is 1.27. The van der Waals surface area contributed by atoms with Gasteiger partial charge in [-0.3, -0.25) is 0 Å². The van der Waals surface area contributed by atoms with E-state index in [0.29, 0.717) is 22.7 Å². The van der Waals surface area contributed by atoms with Crippen LogP contribution in [0.15, 0.2) is 40.8 Å². The van der Waals surface area contributed by atoms with Crippen molar-refractivity contribution in [3.05, 3.63) is 53.8 Å². The molecule has 2 rings (SSSR count). The third-order valence-corrected chi connectivity index (χ3v) is 2.68. The van der Waals surface area contributed by atoms with Gasteiger partial charge < -0.3 is 9.15 Å². The number of methoxy groups -OCH3 is 1. The zero-order chi connectivity index (χ0) is 14.7. The summed E-state index contributed by atoms with van der Waals surface area (Å²) < 4.78 is 36.3. The average Bonchev–Trinajstić information content (AvgIpc) is 2.87. The van der Waals surface area contributed by atoms with Crippen LogP contribution in [0.3, 0.4) is 0 Å². The van der Waals surface area contributed by atoms with Crippen LogP contribution in [0.1, 0.15) is 12.7 Å². The molecule has 0 fully saturated rings. The van der Waals surface area contributed by atoms with Gasteiger partial charge in [0.2, 0.25) is 0 Å². The molecule has 0 bridgehead atoms. The molecule has 5 heteroatoms. The largest absolute Gasteiger partial charge is 0.466 e. The number of benzene rings is 1. The molecule has 0 aliphatic rings. The van der Waals surface area contributed by atoms with Crippen molar-refractivity contribution in [1.29, 1.82) is 0 Å². The number of esters is 1. The van der Waals surface area contributed by atoms with Crippen molar-refractivity contribution in [1.82, 2.24) is 0 Å². The van der Waals surface area contributed by atoms with Crippen molar-refractivity contribution in [3.8, 4) is 11.3 Å². The molecule has 2 aromatic rings. The molecule has 1 heterocycles. The molecule has 0 unspecified atom stereocenters. The summed E-state index contributed by atoms with van der Waals surface area (Å²) in [6.45, 7) is 1.67. The maximum Gasteiger partial charge on any atom is 0.330 e. The molecule has 1 aromatic heterocycles. The van der Waals surface area contributed by atoms with Crippen LogP contribution < -0.4 is 0 Å². The molecule has 0 amide bonds. The van der Waals surface area contributed by atoms with Crippen LogP contribution in [0.2, 0.25) is 0 Å². The minimum absolute atomic E-state index is 0.291. The fourth-order valence-corrected chi connectivity index (χ4v) is 1.71. The lowest BCUT2D eigenvalue weighted by Gasteiger charge is -1.99. The van der Waals surface area contributed by atoms with Crippen molar-refractivity contribution in [2.24, 2.45) is 0 Å².